The molecule has 118 valence electrons. The van der Waals surface area contributed by atoms with Gasteiger partial charge < -0.3 is 14.2 Å². The van der Waals surface area contributed by atoms with Crippen molar-refractivity contribution in [2.45, 2.75) is 32.8 Å². The zero-order valence-electron chi connectivity index (χ0n) is 13.3. The topological polar surface area (TPSA) is 44.8 Å². The van der Waals surface area contributed by atoms with Crippen LogP contribution in [0.2, 0.25) is 0 Å². The van der Waals surface area contributed by atoms with Gasteiger partial charge in [0.1, 0.15) is 6.10 Å². The Balaban J connectivity index is 2.24. The summed E-state index contributed by atoms with van der Waals surface area (Å²) in [5, 5.41) is 0. The molecule has 0 N–H and O–H groups in total. The highest BCUT2D eigenvalue weighted by Crippen LogP contribution is 2.09. The quantitative estimate of drug-likeness (QED) is 0.465. The lowest BCUT2D eigenvalue weighted by molar-refractivity contribution is 0.0116. The summed E-state index contributed by atoms with van der Waals surface area (Å²) in [5.41, 5.74) is 1.92. The van der Waals surface area contributed by atoms with Gasteiger partial charge in [0.05, 0.1) is 13.2 Å². The van der Waals surface area contributed by atoms with Gasteiger partial charge in [-0.05, 0) is 25.3 Å². The number of carbonyl (C=O) groups excluding carboxylic acids is 1. The first-order chi connectivity index (χ1) is 10.2. The Bertz CT molecular complexity index is 400. The number of hydrogen-bond acceptors (Lipinski definition) is 4. The predicted molar refractivity (Wildman–Crippen MR) is 82.9 cm³/mol. The van der Waals surface area contributed by atoms with E-state index in [9.17, 15) is 4.79 Å². The summed E-state index contributed by atoms with van der Waals surface area (Å²) in [5.74, 6) is 0.0111. The third-order valence-electron chi connectivity index (χ3n) is 3.25. The van der Waals surface area contributed by atoms with Gasteiger partial charge >= 0.3 is 0 Å². The van der Waals surface area contributed by atoms with Gasteiger partial charge in [0.2, 0.25) is 0 Å². The molecule has 1 atom stereocenters. The van der Waals surface area contributed by atoms with Crippen LogP contribution in [0.5, 0.6) is 0 Å². The minimum absolute atomic E-state index is 0.0111. The molecular weight excluding hydrogens is 268 g/mol. The molecule has 0 bridgehead atoms. The molecule has 0 aliphatic heterocycles. The van der Waals surface area contributed by atoms with Crippen LogP contribution in [0, 0.1) is 0 Å². The number of aryl methyl sites for hydroxylation is 1. The first-order valence-corrected chi connectivity index (χ1v) is 7.50. The zero-order valence-corrected chi connectivity index (χ0v) is 13.3. The molecule has 4 heteroatoms. The molecule has 0 aromatic heterocycles. The second-order valence-corrected chi connectivity index (χ2v) is 4.89. The molecule has 0 heterocycles. The maximum Gasteiger partial charge on any atom is 0.191 e. The molecule has 0 saturated heterocycles. The number of hydrogen-bond donors (Lipinski definition) is 0. The minimum atomic E-state index is -0.444. The summed E-state index contributed by atoms with van der Waals surface area (Å²) in [6.45, 7) is 6.14. The summed E-state index contributed by atoms with van der Waals surface area (Å²) in [4.78, 5) is 12.2. The third kappa shape index (κ3) is 6.85. The summed E-state index contributed by atoms with van der Waals surface area (Å²) in [7, 11) is 1.67. The third-order valence-corrected chi connectivity index (χ3v) is 3.25. The van der Waals surface area contributed by atoms with Crippen LogP contribution in [0.4, 0.5) is 0 Å². The van der Waals surface area contributed by atoms with Crippen molar-refractivity contribution in [2.24, 2.45) is 0 Å². The van der Waals surface area contributed by atoms with Crippen LogP contribution < -0.4 is 0 Å². The van der Waals surface area contributed by atoms with Crippen LogP contribution in [-0.4, -0.2) is 45.4 Å². The Kier molecular flexibility index (Phi) is 8.90. The fraction of sp³-hybridized carbons (Fsp3) is 0.588. The highest BCUT2D eigenvalue weighted by Gasteiger charge is 2.15. The van der Waals surface area contributed by atoms with Crippen molar-refractivity contribution in [3.05, 3.63) is 35.4 Å². The van der Waals surface area contributed by atoms with E-state index in [-0.39, 0.29) is 5.78 Å². The molecule has 4 nitrogen and oxygen atoms in total. The van der Waals surface area contributed by atoms with E-state index >= 15 is 0 Å². The van der Waals surface area contributed by atoms with Gasteiger partial charge in [-0.25, -0.2) is 0 Å². The van der Waals surface area contributed by atoms with Gasteiger partial charge in [0, 0.05) is 25.9 Å². The molecule has 0 saturated carbocycles. The van der Waals surface area contributed by atoms with E-state index < -0.39 is 6.10 Å². The number of methoxy groups -OCH3 is 1. The van der Waals surface area contributed by atoms with E-state index in [0.29, 0.717) is 32.0 Å². The van der Waals surface area contributed by atoms with Crippen molar-refractivity contribution in [1.82, 2.24) is 0 Å². The van der Waals surface area contributed by atoms with E-state index in [1.54, 1.807) is 14.0 Å². The van der Waals surface area contributed by atoms with E-state index in [0.717, 1.165) is 12.8 Å². The number of ketones is 1. The molecule has 1 rings (SSSR count). The van der Waals surface area contributed by atoms with Gasteiger partial charge in [-0.2, -0.15) is 0 Å². The fourth-order valence-electron chi connectivity index (χ4n) is 1.91. The molecule has 0 fully saturated rings. The molecule has 0 spiro atoms. The average molecular weight is 294 g/mol. The lowest BCUT2D eigenvalue weighted by Crippen LogP contribution is -2.23. The molecule has 1 aromatic carbocycles. The standard InChI is InChI=1S/C17H26O4/c1-4-15-6-8-16(9-7-15)17(18)14(2)21-13-12-20-11-5-10-19-3/h6-9,14H,4-5,10-13H2,1-3H3. The lowest BCUT2D eigenvalue weighted by Gasteiger charge is -2.12. The highest BCUT2D eigenvalue weighted by atomic mass is 16.5. The molecule has 0 amide bonds. The van der Waals surface area contributed by atoms with Crippen molar-refractivity contribution in [2.75, 3.05) is 33.5 Å². The maximum atomic E-state index is 12.2. The normalized spacial score (nSPS) is 12.3. The minimum Gasteiger partial charge on any atom is -0.385 e. The van der Waals surface area contributed by atoms with Crippen LogP contribution in [0.1, 0.15) is 36.2 Å². The van der Waals surface area contributed by atoms with Crippen molar-refractivity contribution in [1.29, 1.82) is 0 Å². The first-order valence-electron chi connectivity index (χ1n) is 7.50. The Morgan fingerprint density at radius 3 is 2.43 bits per heavy atom. The van der Waals surface area contributed by atoms with Gasteiger partial charge in [-0.1, -0.05) is 31.2 Å². The zero-order chi connectivity index (χ0) is 15.5. The number of benzene rings is 1. The van der Waals surface area contributed by atoms with Gasteiger partial charge in [0.25, 0.3) is 0 Å². The molecular formula is C17H26O4. The smallest absolute Gasteiger partial charge is 0.191 e. The molecule has 0 radical (unpaired) electrons. The second kappa shape index (κ2) is 10.5. The van der Waals surface area contributed by atoms with Crippen LogP contribution in [0.25, 0.3) is 0 Å². The SMILES string of the molecule is CCc1ccc(C(=O)C(C)OCCOCCCOC)cc1. The molecule has 1 unspecified atom stereocenters. The fourth-order valence-corrected chi connectivity index (χ4v) is 1.91. The second-order valence-electron chi connectivity index (χ2n) is 4.89. The van der Waals surface area contributed by atoms with E-state index in [2.05, 4.69) is 6.92 Å². The Morgan fingerprint density at radius 2 is 1.81 bits per heavy atom. The van der Waals surface area contributed by atoms with Crippen LogP contribution in [0.3, 0.4) is 0 Å². The van der Waals surface area contributed by atoms with Crippen LogP contribution in [0.15, 0.2) is 24.3 Å². The molecule has 0 aliphatic carbocycles. The number of carbonyl (C=O) groups is 1. The lowest BCUT2D eigenvalue weighted by atomic mass is 10.0. The largest absolute Gasteiger partial charge is 0.385 e. The number of rotatable bonds is 11. The van der Waals surface area contributed by atoms with Gasteiger partial charge in [-0.15, -0.1) is 0 Å². The van der Waals surface area contributed by atoms with Crippen molar-refractivity contribution < 1.29 is 19.0 Å². The van der Waals surface area contributed by atoms with Gasteiger partial charge in [0.15, 0.2) is 5.78 Å². The van der Waals surface area contributed by atoms with Crippen molar-refractivity contribution >= 4 is 5.78 Å². The summed E-state index contributed by atoms with van der Waals surface area (Å²) in [6, 6.07) is 7.70. The van der Waals surface area contributed by atoms with Crippen molar-refractivity contribution in [3.8, 4) is 0 Å². The van der Waals surface area contributed by atoms with Crippen LogP contribution in [-0.2, 0) is 20.6 Å². The number of Topliss-reactive ketones (excluding diaryl/α,β-unsaturated/α-hetero) is 1. The van der Waals surface area contributed by atoms with Gasteiger partial charge in [-0.3, -0.25) is 4.79 Å². The van der Waals surface area contributed by atoms with Crippen molar-refractivity contribution in [3.63, 3.8) is 0 Å². The van der Waals surface area contributed by atoms with E-state index in [1.807, 2.05) is 24.3 Å². The Hall–Kier alpha value is -1.23. The van der Waals surface area contributed by atoms with Crippen LogP contribution >= 0.6 is 0 Å². The highest BCUT2D eigenvalue weighted by molar-refractivity contribution is 5.99. The van der Waals surface area contributed by atoms with E-state index in [4.69, 9.17) is 14.2 Å². The monoisotopic (exact) mass is 294 g/mol. The summed E-state index contributed by atoms with van der Waals surface area (Å²) in [6.07, 6.45) is 1.40. The first kappa shape index (κ1) is 17.8. The average Bonchev–Trinajstić information content (AvgIpc) is 2.53. The molecule has 1 aromatic rings. The molecule has 0 aliphatic rings. The summed E-state index contributed by atoms with van der Waals surface area (Å²) < 4.78 is 15.8. The maximum absolute atomic E-state index is 12.2. The Morgan fingerprint density at radius 1 is 1.10 bits per heavy atom. The predicted octanol–water partition coefficient (Wildman–Crippen LogP) is 2.89. The number of ether oxygens (including phenoxy) is 3. The summed E-state index contributed by atoms with van der Waals surface area (Å²) >= 11 is 0. The molecule has 21 heavy (non-hydrogen) atoms. The van der Waals surface area contributed by atoms with E-state index in [1.165, 1.54) is 5.56 Å². The Labute approximate surface area is 127 Å².